The van der Waals surface area contributed by atoms with Crippen LogP contribution in [0.4, 0.5) is 15.2 Å². The summed E-state index contributed by atoms with van der Waals surface area (Å²) < 4.78 is 25.8. The standard InChI is InChI=1S/C22H21FN4O3S2/c23-15-4-1-2-5-16(15)24-21-25-26-22(32-21)31-13-20(28)27-9-3-6-17(27)14-7-8-18-19(12-14)30-11-10-29-18/h1-2,4-5,7-8,12,17H,3,6,9-11,13H2,(H,24,25). The quantitative estimate of drug-likeness (QED) is 0.524. The molecular formula is C22H21FN4O3S2. The average molecular weight is 473 g/mol. The fourth-order valence-electron chi connectivity index (χ4n) is 3.88. The molecule has 1 amide bonds. The van der Waals surface area contributed by atoms with Crippen molar-refractivity contribution in [2.75, 3.05) is 30.8 Å². The molecule has 0 bridgehead atoms. The highest BCUT2D eigenvalue weighted by molar-refractivity contribution is 8.01. The lowest BCUT2D eigenvalue weighted by Gasteiger charge is -2.26. The number of benzene rings is 2. The van der Waals surface area contributed by atoms with Crippen molar-refractivity contribution < 1.29 is 18.7 Å². The highest BCUT2D eigenvalue weighted by atomic mass is 32.2. The van der Waals surface area contributed by atoms with E-state index in [2.05, 4.69) is 15.5 Å². The van der Waals surface area contributed by atoms with Gasteiger partial charge in [0.1, 0.15) is 19.0 Å². The van der Waals surface area contributed by atoms with Crippen LogP contribution in [-0.4, -0.2) is 46.5 Å². The average Bonchev–Trinajstić information content (AvgIpc) is 3.48. The zero-order valence-electron chi connectivity index (χ0n) is 17.1. The van der Waals surface area contributed by atoms with Gasteiger partial charge in [-0.2, -0.15) is 0 Å². The van der Waals surface area contributed by atoms with Crippen molar-refractivity contribution in [1.29, 1.82) is 0 Å². The Balaban J connectivity index is 1.21. The summed E-state index contributed by atoms with van der Waals surface area (Å²) in [7, 11) is 0. The van der Waals surface area contributed by atoms with Gasteiger partial charge >= 0.3 is 0 Å². The van der Waals surface area contributed by atoms with Crippen LogP contribution in [0.1, 0.15) is 24.4 Å². The van der Waals surface area contributed by atoms with Gasteiger partial charge in [-0.25, -0.2) is 4.39 Å². The minimum Gasteiger partial charge on any atom is -0.486 e. The van der Waals surface area contributed by atoms with Crippen LogP contribution in [0.5, 0.6) is 11.5 Å². The summed E-state index contributed by atoms with van der Waals surface area (Å²) in [5.74, 6) is 1.47. The highest BCUT2D eigenvalue weighted by Crippen LogP contribution is 2.38. The largest absolute Gasteiger partial charge is 0.486 e. The predicted molar refractivity (Wildman–Crippen MR) is 121 cm³/mol. The van der Waals surface area contributed by atoms with Crippen molar-refractivity contribution in [3.8, 4) is 11.5 Å². The highest BCUT2D eigenvalue weighted by Gasteiger charge is 2.31. The van der Waals surface area contributed by atoms with E-state index in [1.54, 1.807) is 18.2 Å². The van der Waals surface area contributed by atoms with Gasteiger partial charge in [0.2, 0.25) is 11.0 Å². The number of ether oxygens (including phenoxy) is 2. The molecule has 0 spiro atoms. The van der Waals surface area contributed by atoms with Gasteiger partial charge in [-0.1, -0.05) is 41.3 Å². The van der Waals surface area contributed by atoms with Crippen LogP contribution in [0.25, 0.3) is 0 Å². The van der Waals surface area contributed by atoms with Gasteiger partial charge in [0.05, 0.1) is 17.5 Å². The molecule has 2 aromatic carbocycles. The maximum atomic E-state index is 13.8. The molecule has 1 unspecified atom stereocenters. The smallest absolute Gasteiger partial charge is 0.233 e. The van der Waals surface area contributed by atoms with E-state index in [4.69, 9.17) is 9.47 Å². The number of carbonyl (C=O) groups excluding carboxylic acids is 1. The summed E-state index contributed by atoms with van der Waals surface area (Å²) >= 11 is 2.64. The predicted octanol–water partition coefficient (Wildman–Crippen LogP) is 4.65. The third-order valence-electron chi connectivity index (χ3n) is 5.37. The number of thioether (sulfide) groups is 1. The minimum absolute atomic E-state index is 0.0339. The number of hydrogen-bond acceptors (Lipinski definition) is 8. The molecule has 1 saturated heterocycles. The molecule has 2 aliphatic heterocycles. The van der Waals surface area contributed by atoms with Gasteiger partial charge in [-0.15, -0.1) is 10.2 Å². The topological polar surface area (TPSA) is 76.6 Å². The number of carbonyl (C=O) groups is 1. The molecular weight excluding hydrogens is 451 g/mol. The summed E-state index contributed by atoms with van der Waals surface area (Å²) in [5, 5.41) is 11.6. The van der Waals surface area contributed by atoms with Crippen LogP contribution >= 0.6 is 23.1 Å². The molecule has 0 saturated carbocycles. The van der Waals surface area contributed by atoms with Gasteiger partial charge in [0.15, 0.2) is 15.8 Å². The third-order valence-corrected chi connectivity index (χ3v) is 7.32. The van der Waals surface area contributed by atoms with Gasteiger partial charge in [0, 0.05) is 6.54 Å². The molecule has 1 fully saturated rings. The number of aromatic nitrogens is 2. The molecule has 3 heterocycles. The van der Waals surface area contributed by atoms with E-state index in [0.29, 0.717) is 28.4 Å². The van der Waals surface area contributed by atoms with Crippen molar-refractivity contribution in [1.82, 2.24) is 15.1 Å². The lowest BCUT2D eigenvalue weighted by molar-refractivity contribution is -0.129. The van der Waals surface area contributed by atoms with Crippen molar-refractivity contribution in [2.45, 2.75) is 23.2 Å². The van der Waals surface area contributed by atoms with Crippen LogP contribution in [-0.2, 0) is 4.79 Å². The third kappa shape index (κ3) is 4.51. The first-order valence-corrected chi connectivity index (χ1v) is 12.1. The summed E-state index contributed by atoms with van der Waals surface area (Å²) in [5.41, 5.74) is 1.41. The molecule has 7 nitrogen and oxygen atoms in total. The Morgan fingerprint density at radius 1 is 1.19 bits per heavy atom. The Morgan fingerprint density at radius 3 is 2.91 bits per heavy atom. The van der Waals surface area contributed by atoms with E-state index in [9.17, 15) is 9.18 Å². The minimum atomic E-state index is -0.355. The number of amides is 1. The van der Waals surface area contributed by atoms with Crippen LogP contribution in [0.2, 0.25) is 0 Å². The van der Waals surface area contributed by atoms with Gasteiger partial charge in [-0.05, 0) is 42.7 Å². The zero-order valence-corrected chi connectivity index (χ0v) is 18.8. The maximum Gasteiger partial charge on any atom is 0.233 e. The van der Waals surface area contributed by atoms with Crippen LogP contribution in [0.15, 0.2) is 46.8 Å². The Labute approximate surface area is 192 Å². The first kappa shape index (κ1) is 21.0. The van der Waals surface area contributed by atoms with Crippen molar-refractivity contribution in [3.63, 3.8) is 0 Å². The van der Waals surface area contributed by atoms with Crippen molar-refractivity contribution in [2.24, 2.45) is 0 Å². The molecule has 1 atom stereocenters. The number of rotatable bonds is 6. The van der Waals surface area contributed by atoms with E-state index in [0.717, 1.165) is 36.4 Å². The summed E-state index contributed by atoms with van der Waals surface area (Å²) in [6.45, 7) is 1.82. The second-order valence-electron chi connectivity index (χ2n) is 7.41. The van der Waals surface area contributed by atoms with Crippen LogP contribution in [0, 0.1) is 5.82 Å². The maximum absolute atomic E-state index is 13.8. The lowest BCUT2D eigenvalue weighted by atomic mass is 10.0. The number of halogens is 1. The normalized spacial score (nSPS) is 17.4. The van der Waals surface area contributed by atoms with Crippen molar-refractivity contribution in [3.05, 3.63) is 53.8 Å². The van der Waals surface area contributed by atoms with Crippen LogP contribution < -0.4 is 14.8 Å². The van der Waals surface area contributed by atoms with E-state index in [1.807, 2.05) is 23.1 Å². The Bertz CT molecular complexity index is 1130. The van der Waals surface area contributed by atoms with E-state index < -0.39 is 0 Å². The zero-order chi connectivity index (χ0) is 21.9. The van der Waals surface area contributed by atoms with Gasteiger partial charge in [-0.3, -0.25) is 4.79 Å². The molecule has 2 aliphatic rings. The first-order chi connectivity index (χ1) is 15.7. The monoisotopic (exact) mass is 472 g/mol. The summed E-state index contributed by atoms with van der Waals surface area (Å²) in [4.78, 5) is 14.9. The number of likely N-dealkylation sites (tertiary alicyclic amines) is 1. The summed E-state index contributed by atoms with van der Waals surface area (Å²) in [6.07, 6.45) is 1.89. The molecule has 5 rings (SSSR count). The van der Waals surface area contributed by atoms with Crippen LogP contribution in [0.3, 0.4) is 0 Å². The van der Waals surface area contributed by atoms with Crippen molar-refractivity contribution >= 4 is 39.8 Å². The Kier molecular flexibility index (Phi) is 6.13. The Hall–Kier alpha value is -2.85. The molecule has 0 aliphatic carbocycles. The molecule has 10 heteroatoms. The number of para-hydroxylation sites is 1. The molecule has 1 aromatic heterocycles. The molecule has 1 N–H and O–H groups in total. The number of hydrogen-bond donors (Lipinski definition) is 1. The van der Waals surface area contributed by atoms with E-state index >= 15 is 0 Å². The fraction of sp³-hybridized carbons (Fsp3) is 0.318. The molecule has 166 valence electrons. The molecule has 32 heavy (non-hydrogen) atoms. The first-order valence-electron chi connectivity index (χ1n) is 10.3. The number of nitrogens with zero attached hydrogens (tertiary/aromatic N) is 3. The van der Waals surface area contributed by atoms with Gasteiger partial charge in [0.25, 0.3) is 0 Å². The second kappa shape index (κ2) is 9.33. The lowest BCUT2D eigenvalue weighted by Crippen LogP contribution is -2.32. The fourth-order valence-corrected chi connectivity index (χ4v) is 5.53. The number of fused-ring (bicyclic) bond motifs is 1. The second-order valence-corrected chi connectivity index (χ2v) is 9.61. The van der Waals surface area contributed by atoms with E-state index in [-0.39, 0.29) is 23.5 Å². The van der Waals surface area contributed by atoms with Gasteiger partial charge < -0.3 is 19.7 Å². The SMILES string of the molecule is O=C(CSc1nnc(Nc2ccccc2F)s1)N1CCCC1c1ccc2c(c1)OCCO2. The number of nitrogens with one attached hydrogen (secondary N) is 1. The summed E-state index contributed by atoms with van der Waals surface area (Å²) in [6, 6.07) is 12.4. The Morgan fingerprint density at radius 2 is 2.03 bits per heavy atom. The van der Waals surface area contributed by atoms with E-state index in [1.165, 1.54) is 29.2 Å². The molecule has 3 aromatic rings. The molecule has 0 radical (unpaired) electrons. The number of anilines is 2.